The van der Waals surface area contributed by atoms with Gasteiger partial charge in [0.15, 0.2) is 0 Å². The number of benzene rings is 4. The van der Waals surface area contributed by atoms with Crippen LogP contribution in [0.3, 0.4) is 0 Å². The van der Waals surface area contributed by atoms with E-state index in [1.807, 2.05) is 30.3 Å². The van der Waals surface area contributed by atoms with Crippen LogP contribution in [0, 0.1) is 0 Å². The lowest BCUT2D eigenvalue weighted by molar-refractivity contribution is -0.493. The van der Waals surface area contributed by atoms with Crippen molar-refractivity contribution in [2.24, 2.45) is 0 Å². The molecule has 9 heteroatoms. The monoisotopic (exact) mass is 572 g/mol. The molecule has 2 atom stereocenters. The van der Waals surface area contributed by atoms with E-state index in [1.54, 1.807) is 4.90 Å². The van der Waals surface area contributed by atoms with Crippen LogP contribution in [0.5, 0.6) is 0 Å². The maximum absolute atomic E-state index is 12.9. The van der Waals surface area contributed by atoms with Crippen molar-refractivity contribution in [2.75, 3.05) is 39.5 Å². The summed E-state index contributed by atoms with van der Waals surface area (Å²) in [7, 11) is 0. The molecule has 4 aromatic carbocycles. The van der Waals surface area contributed by atoms with Gasteiger partial charge in [-0.3, -0.25) is 10.4 Å². The molecule has 42 heavy (non-hydrogen) atoms. The molecule has 1 saturated heterocycles. The fraction of sp³-hybridized carbons (Fsp3) is 0.303. The van der Waals surface area contributed by atoms with E-state index in [0.29, 0.717) is 19.7 Å². The molecule has 1 aliphatic heterocycles. The van der Waals surface area contributed by atoms with Crippen LogP contribution < -0.4 is 0 Å². The Morgan fingerprint density at radius 2 is 1.57 bits per heavy atom. The maximum Gasteiger partial charge on any atom is 0.409 e. The average molecular weight is 573 g/mol. The zero-order chi connectivity index (χ0) is 29.1. The molecule has 1 fully saturated rings. The predicted octanol–water partition coefficient (Wildman–Crippen LogP) is 6.05. The molecule has 0 spiro atoms. The number of carbonyl (C=O) groups excluding carboxylic acids is 1. The number of hydrogen-bond donors (Lipinski definition) is 2. The molecular formula is C33H36N2O7. The summed E-state index contributed by atoms with van der Waals surface area (Å²) in [5.74, 6) is 0.110. The summed E-state index contributed by atoms with van der Waals surface area (Å²) in [6.07, 6.45) is 0.0993. The summed E-state index contributed by atoms with van der Waals surface area (Å²) in [4.78, 5) is 19.0. The van der Waals surface area contributed by atoms with E-state index in [0.717, 1.165) is 23.1 Å². The third-order valence-electron chi connectivity index (χ3n) is 7.40. The van der Waals surface area contributed by atoms with Gasteiger partial charge in [-0.25, -0.2) is 9.63 Å². The highest BCUT2D eigenvalue weighted by Gasteiger charge is 2.34. The van der Waals surface area contributed by atoms with Crippen molar-refractivity contribution in [3.8, 4) is 11.1 Å². The first-order valence-electron chi connectivity index (χ1n) is 14.1. The Morgan fingerprint density at radius 1 is 0.810 bits per heavy atom. The molecule has 4 aromatic rings. The second-order valence-corrected chi connectivity index (χ2v) is 10.2. The van der Waals surface area contributed by atoms with Gasteiger partial charge in [0.2, 0.25) is 0 Å². The van der Waals surface area contributed by atoms with Crippen LogP contribution in [0.1, 0.15) is 23.5 Å². The Morgan fingerprint density at radius 3 is 2.40 bits per heavy atom. The number of amides is 1. The Bertz CT molecular complexity index is 1430. The van der Waals surface area contributed by atoms with Gasteiger partial charge in [-0.05, 0) is 45.5 Å². The van der Waals surface area contributed by atoms with Gasteiger partial charge in [0, 0.05) is 12.5 Å². The lowest BCUT2D eigenvalue weighted by Gasteiger charge is -2.38. The van der Waals surface area contributed by atoms with Crippen LogP contribution in [-0.2, 0) is 25.7 Å². The van der Waals surface area contributed by atoms with Crippen LogP contribution in [0.2, 0.25) is 0 Å². The normalized spacial score (nSPS) is 17.1. The molecule has 0 radical (unpaired) electrons. The fourth-order valence-corrected chi connectivity index (χ4v) is 5.30. The largest absolute Gasteiger partial charge is 0.447 e. The van der Waals surface area contributed by atoms with Gasteiger partial charge in [-0.2, -0.15) is 0 Å². The van der Waals surface area contributed by atoms with Crippen LogP contribution in [0.4, 0.5) is 4.79 Å². The van der Waals surface area contributed by atoms with E-state index in [1.165, 1.54) is 16.3 Å². The lowest BCUT2D eigenvalue weighted by atomic mass is 9.85. The predicted molar refractivity (Wildman–Crippen MR) is 157 cm³/mol. The molecule has 1 amide bonds. The molecule has 1 heterocycles. The summed E-state index contributed by atoms with van der Waals surface area (Å²) in [5, 5.41) is 19.0. The van der Waals surface area contributed by atoms with Crippen molar-refractivity contribution in [3.05, 3.63) is 108 Å². The number of likely N-dealkylation sites (tertiary alicyclic amines) is 1. The van der Waals surface area contributed by atoms with Gasteiger partial charge in [-0.15, -0.1) is 0 Å². The summed E-state index contributed by atoms with van der Waals surface area (Å²) >= 11 is 0. The molecule has 5 rings (SSSR count). The maximum atomic E-state index is 12.9. The summed E-state index contributed by atoms with van der Waals surface area (Å²) in [6, 6.07) is 33.5. The molecule has 0 aliphatic carbocycles. The molecule has 220 valence electrons. The zero-order valence-electron chi connectivity index (χ0n) is 23.4. The van der Waals surface area contributed by atoms with E-state index in [2.05, 4.69) is 71.6 Å². The van der Waals surface area contributed by atoms with Crippen LogP contribution in [0.15, 0.2) is 97.1 Å². The molecule has 0 unspecified atom stereocenters. The fourth-order valence-electron chi connectivity index (χ4n) is 5.30. The SMILES string of the molecule is O=C(OCCOCCON(O)O)N1CC[C@H](c2cccc(-c3ccccc3)c2)[C@@H](OCc2ccc3ccccc3c2)C1. The van der Waals surface area contributed by atoms with Crippen molar-refractivity contribution in [1.29, 1.82) is 0 Å². The lowest BCUT2D eigenvalue weighted by Crippen LogP contribution is -2.47. The summed E-state index contributed by atoms with van der Waals surface area (Å²) in [6.45, 7) is 1.70. The standard InChI is InChI=1S/C33H36N2O7/c36-33(40-19-17-39-18-20-42-35(37)38)34-16-15-31(30-12-6-11-29(22-30)26-7-2-1-3-8-26)32(23-34)41-24-25-13-14-27-9-4-5-10-28(27)21-25/h1-14,21-22,31-32,37-38H,15-20,23-24H2/t31-,32+/m1/s1. The van der Waals surface area contributed by atoms with Gasteiger partial charge < -0.3 is 19.1 Å². The highest BCUT2D eigenvalue weighted by molar-refractivity contribution is 5.83. The second-order valence-electron chi connectivity index (χ2n) is 10.2. The van der Waals surface area contributed by atoms with Crippen molar-refractivity contribution in [1.82, 2.24) is 10.3 Å². The molecule has 2 N–H and O–H groups in total. The molecule has 0 aromatic heterocycles. The number of piperidine rings is 1. The van der Waals surface area contributed by atoms with E-state index in [-0.39, 0.29) is 43.8 Å². The highest BCUT2D eigenvalue weighted by Crippen LogP contribution is 2.34. The van der Waals surface area contributed by atoms with Gasteiger partial charge in [0.05, 0.1) is 44.5 Å². The van der Waals surface area contributed by atoms with Crippen LogP contribution in [0.25, 0.3) is 21.9 Å². The minimum Gasteiger partial charge on any atom is -0.447 e. The van der Waals surface area contributed by atoms with Gasteiger partial charge in [0.1, 0.15) is 6.61 Å². The highest BCUT2D eigenvalue weighted by atomic mass is 17.1. The van der Waals surface area contributed by atoms with Gasteiger partial charge >= 0.3 is 6.09 Å². The summed E-state index contributed by atoms with van der Waals surface area (Å²) in [5.41, 5.74) is 4.58. The third kappa shape index (κ3) is 8.13. The molecule has 0 saturated carbocycles. The quantitative estimate of drug-likeness (QED) is 0.156. The number of nitrogens with zero attached hydrogens (tertiary/aromatic N) is 2. The summed E-state index contributed by atoms with van der Waals surface area (Å²) < 4.78 is 17.3. The smallest absolute Gasteiger partial charge is 0.409 e. The van der Waals surface area contributed by atoms with Crippen LogP contribution >= 0.6 is 0 Å². The first kappa shape index (κ1) is 29.7. The Kier molecular flexibility index (Phi) is 10.5. The van der Waals surface area contributed by atoms with E-state index in [9.17, 15) is 4.79 Å². The number of fused-ring (bicyclic) bond motifs is 1. The Labute approximate surface area is 245 Å². The number of ether oxygens (including phenoxy) is 3. The minimum absolute atomic E-state index is 0.0455. The van der Waals surface area contributed by atoms with Crippen molar-refractivity contribution >= 4 is 16.9 Å². The average Bonchev–Trinajstić information content (AvgIpc) is 3.03. The topological polar surface area (TPSA) is 101 Å². The number of rotatable bonds is 12. The first-order chi connectivity index (χ1) is 20.6. The van der Waals surface area contributed by atoms with Crippen molar-refractivity contribution in [2.45, 2.75) is 25.0 Å². The molecule has 9 nitrogen and oxygen atoms in total. The number of carbonyl (C=O) groups is 1. The zero-order valence-corrected chi connectivity index (χ0v) is 23.4. The van der Waals surface area contributed by atoms with Gasteiger partial charge in [0.25, 0.3) is 0 Å². The van der Waals surface area contributed by atoms with Crippen molar-refractivity contribution in [3.63, 3.8) is 0 Å². The van der Waals surface area contributed by atoms with E-state index < -0.39 is 6.09 Å². The number of hydrogen-bond acceptors (Lipinski definition) is 8. The van der Waals surface area contributed by atoms with Crippen LogP contribution in [-0.4, -0.2) is 72.4 Å². The first-order valence-corrected chi connectivity index (χ1v) is 14.1. The second kappa shape index (κ2) is 14.9. The Balaban J connectivity index is 1.25. The Hall–Kier alpha value is -3.83. The van der Waals surface area contributed by atoms with E-state index >= 15 is 0 Å². The molecule has 0 bridgehead atoms. The molecule has 1 aliphatic rings. The van der Waals surface area contributed by atoms with Crippen molar-refractivity contribution < 1.29 is 34.3 Å². The van der Waals surface area contributed by atoms with E-state index in [4.69, 9.17) is 24.6 Å². The third-order valence-corrected chi connectivity index (χ3v) is 7.40. The van der Waals surface area contributed by atoms with Gasteiger partial charge in [-0.1, -0.05) is 91.0 Å². The minimum atomic E-state index is -0.414. The molecular weight excluding hydrogens is 536 g/mol.